The molecule has 0 amide bonds. The summed E-state index contributed by atoms with van der Waals surface area (Å²) in [6, 6.07) is 4.10. The fraction of sp³-hybridized carbons (Fsp3) is 0.533. The van der Waals surface area contributed by atoms with Crippen LogP contribution in [0.5, 0.6) is 11.5 Å². The smallest absolute Gasteiger partial charge is 0.304 e. The zero-order valence-corrected chi connectivity index (χ0v) is 12.7. The lowest BCUT2D eigenvalue weighted by atomic mass is 10.1. The molecule has 0 saturated carbocycles. The first kappa shape index (κ1) is 15.0. The van der Waals surface area contributed by atoms with Crippen LogP contribution in [0, 0.1) is 0 Å². The lowest BCUT2D eigenvalue weighted by Crippen LogP contribution is -2.05. The molecule has 1 aromatic rings. The molecule has 0 bridgehead atoms. The highest BCUT2D eigenvalue weighted by Gasteiger charge is 2.21. The van der Waals surface area contributed by atoms with Crippen LogP contribution in [-0.2, 0) is 17.0 Å². The van der Waals surface area contributed by atoms with E-state index >= 15 is 0 Å². The Balaban J connectivity index is 2.06. The molecular weight excluding hydrogens is 276 g/mol. The van der Waals surface area contributed by atoms with Crippen LogP contribution in [0.4, 0.5) is 0 Å². The van der Waals surface area contributed by atoms with E-state index in [4.69, 9.17) is 14.6 Å². The van der Waals surface area contributed by atoms with Crippen LogP contribution in [0.1, 0.15) is 31.4 Å². The average Bonchev–Trinajstić information content (AvgIpc) is 2.74. The third-order valence-electron chi connectivity index (χ3n) is 3.10. The van der Waals surface area contributed by atoms with E-state index in [0.717, 1.165) is 29.2 Å². The molecular formula is C15H20O4S. The van der Waals surface area contributed by atoms with Gasteiger partial charge in [0.1, 0.15) is 17.6 Å². The Kier molecular flexibility index (Phi) is 5.17. The molecule has 5 heteroatoms. The fourth-order valence-corrected chi connectivity index (χ4v) is 3.13. The normalized spacial score (nSPS) is 16.6. The van der Waals surface area contributed by atoms with Gasteiger partial charge in [-0.3, -0.25) is 4.79 Å². The van der Waals surface area contributed by atoms with E-state index in [1.807, 2.05) is 13.0 Å². The topological polar surface area (TPSA) is 55.8 Å². The number of ether oxygens (including phenoxy) is 2. The molecule has 0 unspecified atom stereocenters. The zero-order valence-electron chi connectivity index (χ0n) is 11.8. The van der Waals surface area contributed by atoms with Gasteiger partial charge in [-0.1, -0.05) is 0 Å². The van der Waals surface area contributed by atoms with Crippen molar-refractivity contribution in [3.05, 3.63) is 23.3 Å². The van der Waals surface area contributed by atoms with Crippen LogP contribution in [0.15, 0.2) is 12.1 Å². The van der Waals surface area contributed by atoms with E-state index in [-0.39, 0.29) is 12.5 Å². The molecule has 1 heterocycles. The second-order valence-corrected chi connectivity index (χ2v) is 5.93. The SMILES string of the molecule is CCOc1cc2c(cc1CSCCC(=O)O)O[C@H](C)C2. The molecule has 0 radical (unpaired) electrons. The molecule has 1 atom stereocenters. The molecule has 0 spiro atoms. The molecule has 1 N–H and O–H groups in total. The number of hydrogen-bond donors (Lipinski definition) is 1. The van der Waals surface area contributed by atoms with Crippen LogP contribution in [-0.4, -0.2) is 29.5 Å². The Hall–Kier alpha value is -1.36. The quantitative estimate of drug-likeness (QED) is 0.783. The number of hydrogen-bond acceptors (Lipinski definition) is 4. The number of rotatable bonds is 7. The Bertz CT molecular complexity index is 487. The second-order valence-electron chi connectivity index (χ2n) is 4.83. The molecule has 110 valence electrons. The molecule has 0 saturated heterocycles. The first-order valence-corrected chi connectivity index (χ1v) is 8.00. The number of carboxylic acids is 1. The van der Waals surface area contributed by atoms with Gasteiger partial charge < -0.3 is 14.6 Å². The summed E-state index contributed by atoms with van der Waals surface area (Å²) in [5.41, 5.74) is 2.27. The van der Waals surface area contributed by atoms with Crippen molar-refractivity contribution in [2.45, 2.75) is 38.5 Å². The lowest BCUT2D eigenvalue weighted by Gasteiger charge is -2.12. The predicted octanol–water partition coefficient (Wildman–Crippen LogP) is 3.12. The van der Waals surface area contributed by atoms with Crippen molar-refractivity contribution < 1.29 is 19.4 Å². The van der Waals surface area contributed by atoms with Crippen LogP contribution >= 0.6 is 11.8 Å². The molecule has 20 heavy (non-hydrogen) atoms. The molecule has 1 aliphatic heterocycles. The van der Waals surface area contributed by atoms with Crippen molar-refractivity contribution in [1.82, 2.24) is 0 Å². The van der Waals surface area contributed by atoms with Gasteiger partial charge in [-0.2, -0.15) is 11.8 Å². The molecule has 0 aliphatic carbocycles. The molecule has 0 fully saturated rings. The van der Waals surface area contributed by atoms with Gasteiger partial charge in [0, 0.05) is 29.1 Å². The number of carboxylic acid groups (broad SMARTS) is 1. The zero-order chi connectivity index (χ0) is 14.5. The van der Waals surface area contributed by atoms with E-state index in [2.05, 4.69) is 13.0 Å². The van der Waals surface area contributed by atoms with Gasteiger partial charge in [0.05, 0.1) is 13.0 Å². The lowest BCUT2D eigenvalue weighted by molar-refractivity contribution is -0.136. The van der Waals surface area contributed by atoms with Gasteiger partial charge in [-0.25, -0.2) is 0 Å². The van der Waals surface area contributed by atoms with Crippen molar-refractivity contribution in [2.24, 2.45) is 0 Å². The van der Waals surface area contributed by atoms with E-state index in [1.54, 1.807) is 11.8 Å². The summed E-state index contributed by atoms with van der Waals surface area (Å²) in [4.78, 5) is 10.5. The van der Waals surface area contributed by atoms with Crippen molar-refractivity contribution in [2.75, 3.05) is 12.4 Å². The first-order valence-electron chi connectivity index (χ1n) is 6.85. The molecule has 2 rings (SSSR count). The van der Waals surface area contributed by atoms with Crippen molar-refractivity contribution in [3.63, 3.8) is 0 Å². The minimum atomic E-state index is -0.756. The number of benzene rings is 1. The average molecular weight is 296 g/mol. The number of fused-ring (bicyclic) bond motifs is 1. The maximum absolute atomic E-state index is 10.5. The Morgan fingerprint density at radius 2 is 2.35 bits per heavy atom. The predicted molar refractivity (Wildman–Crippen MR) is 79.8 cm³/mol. The third-order valence-corrected chi connectivity index (χ3v) is 4.10. The van der Waals surface area contributed by atoms with E-state index in [0.29, 0.717) is 12.4 Å². The monoisotopic (exact) mass is 296 g/mol. The minimum Gasteiger partial charge on any atom is -0.494 e. The summed E-state index contributed by atoms with van der Waals surface area (Å²) in [5, 5.41) is 8.65. The van der Waals surface area contributed by atoms with E-state index < -0.39 is 5.97 Å². The molecule has 1 aromatic carbocycles. The highest BCUT2D eigenvalue weighted by molar-refractivity contribution is 7.98. The highest BCUT2D eigenvalue weighted by atomic mass is 32.2. The molecule has 1 aliphatic rings. The summed E-state index contributed by atoms with van der Waals surface area (Å²) < 4.78 is 11.5. The van der Waals surface area contributed by atoms with Crippen molar-refractivity contribution >= 4 is 17.7 Å². The minimum absolute atomic E-state index is 0.188. The summed E-state index contributed by atoms with van der Waals surface area (Å²) in [7, 11) is 0. The summed E-state index contributed by atoms with van der Waals surface area (Å²) >= 11 is 1.60. The number of thioether (sulfide) groups is 1. The standard InChI is InChI=1S/C15H20O4S/c1-3-18-13-7-11-6-10(2)19-14(11)8-12(13)9-20-5-4-15(16)17/h7-8,10H,3-6,9H2,1-2H3,(H,16,17)/t10-/m1/s1. The molecule has 4 nitrogen and oxygen atoms in total. The third kappa shape index (κ3) is 3.82. The van der Waals surface area contributed by atoms with Crippen LogP contribution in [0.3, 0.4) is 0 Å². The summed E-state index contributed by atoms with van der Waals surface area (Å²) in [5.74, 6) is 2.43. The Morgan fingerprint density at radius 3 is 3.05 bits per heavy atom. The fourth-order valence-electron chi connectivity index (χ4n) is 2.23. The summed E-state index contributed by atoms with van der Waals surface area (Å²) in [6.45, 7) is 4.65. The number of carbonyl (C=O) groups is 1. The Morgan fingerprint density at radius 1 is 1.55 bits per heavy atom. The van der Waals surface area contributed by atoms with Gasteiger partial charge >= 0.3 is 5.97 Å². The van der Waals surface area contributed by atoms with Gasteiger partial charge in [0.2, 0.25) is 0 Å². The van der Waals surface area contributed by atoms with E-state index in [1.165, 1.54) is 5.56 Å². The first-order chi connectivity index (χ1) is 9.60. The van der Waals surface area contributed by atoms with E-state index in [9.17, 15) is 4.79 Å². The van der Waals surface area contributed by atoms with Gasteiger partial charge in [-0.05, 0) is 26.0 Å². The van der Waals surface area contributed by atoms with Crippen LogP contribution in [0.25, 0.3) is 0 Å². The van der Waals surface area contributed by atoms with Crippen molar-refractivity contribution in [3.8, 4) is 11.5 Å². The maximum atomic E-state index is 10.5. The second kappa shape index (κ2) is 6.88. The van der Waals surface area contributed by atoms with Gasteiger partial charge in [0.15, 0.2) is 0 Å². The van der Waals surface area contributed by atoms with Crippen LogP contribution < -0.4 is 9.47 Å². The number of aliphatic carboxylic acids is 1. The summed E-state index contributed by atoms with van der Waals surface area (Å²) in [6.07, 6.45) is 1.32. The largest absolute Gasteiger partial charge is 0.494 e. The Labute approximate surface area is 123 Å². The van der Waals surface area contributed by atoms with Gasteiger partial charge in [0.25, 0.3) is 0 Å². The van der Waals surface area contributed by atoms with Crippen molar-refractivity contribution in [1.29, 1.82) is 0 Å². The maximum Gasteiger partial charge on any atom is 0.304 e. The highest BCUT2D eigenvalue weighted by Crippen LogP contribution is 2.36. The van der Waals surface area contributed by atoms with Crippen LogP contribution in [0.2, 0.25) is 0 Å². The molecule has 0 aromatic heterocycles. The van der Waals surface area contributed by atoms with Gasteiger partial charge in [-0.15, -0.1) is 0 Å².